The third kappa shape index (κ3) is 3.02. The topological polar surface area (TPSA) is 54.6 Å². The molecule has 0 radical (unpaired) electrons. The fourth-order valence-corrected chi connectivity index (χ4v) is 1.67. The Morgan fingerprint density at radius 2 is 2.00 bits per heavy atom. The summed E-state index contributed by atoms with van der Waals surface area (Å²) in [4.78, 5) is 19.3. The van der Waals surface area contributed by atoms with Gasteiger partial charge in [0.2, 0.25) is 0 Å². The number of aromatic nitrogens is 1. The number of benzene rings is 1. The highest BCUT2D eigenvalue weighted by Gasteiger charge is 2.31. The maximum atomic E-state index is 12.1. The molecule has 1 heterocycles. The molecule has 5 nitrogen and oxygen atoms in total. The van der Waals surface area contributed by atoms with Crippen LogP contribution in [0.2, 0.25) is 0 Å². The van der Waals surface area contributed by atoms with Gasteiger partial charge in [0.25, 0.3) is 5.91 Å². The number of halogens is 3. The molecule has 20 heavy (non-hydrogen) atoms. The van der Waals surface area contributed by atoms with Crippen LogP contribution in [0, 0.1) is 0 Å². The second kappa shape index (κ2) is 5.04. The van der Waals surface area contributed by atoms with Crippen molar-refractivity contribution in [2.75, 3.05) is 14.2 Å². The lowest BCUT2D eigenvalue weighted by Gasteiger charge is -2.11. The van der Waals surface area contributed by atoms with Crippen LogP contribution in [-0.4, -0.2) is 36.5 Å². The Morgan fingerprint density at radius 1 is 1.30 bits per heavy atom. The predicted molar refractivity (Wildman–Crippen MR) is 64.1 cm³/mol. The molecule has 0 bridgehead atoms. The monoisotopic (exact) mass is 288 g/mol. The summed E-state index contributed by atoms with van der Waals surface area (Å²) in [6.07, 6.45) is -4.75. The van der Waals surface area contributed by atoms with Gasteiger partial charge < -0.3 is 9.72 Å². The number of amides is 1. The molecule has 1 aromatic heterocycles. The van der Waals surface area contributed by atoms with E-state index in [-0.39, 0.29) is 11.4 Å². The Hall–Kier alpha value is -2.22. The number of fused-ring (bicyclic) bond motifs is 1. The van der Waals surface area contributed by atoms with Crippen molar-refractivity contribution < 1.29 is 27.5 Å². The molecule has 0 aliphatic carbocycles. The number of hydrogen-bond donors (Lipinski definition) is 1. The Morgan fingerprint density at radius 3 is 2.60 bits per heavy atom. The first-order chi connectivity index (χ1) is 9.30. The van der Waals surface area contributed by atoms with Crippen molar-refractivity contribution in [3.63, 3.8) is 0 Å². The van der Waals surface area contributed by atoms with Gasteiger partial charge in [-0.3, -0.25) is 9.63 Å². The van der Waals surface area contributed by atoms with Crippen molar-refractivity contribution in [3.8, 4) is 5.75 Å². The number of rotatable bonds is 3. The minimum Gasteiger partial charge on any atom is -0.406 e. The van der Waals surface area contributed by atoms with Gasteiger partial charge in [-0.15, -0.1) is 13.2 Å². The van der Waals surface area contributed by atoms with Gasteiger partial charge in [0.05, 0.1) is 7.11 Å². The second-order valence-electron chi connectivity index (χ2n) is 3.97. The molecule has 0 aliphatic rings. The molecule has 0 fully saturated rings. The van der Waals surface area contributed by atoms with E-state index < -0.39 is 12.3 Å². The van der Waals surface area contributed by atoms with Gasteiger partial charge in [-0.25, -0.2) is 5.06 Å². The maximum Gasteiger partial charge on any atom is 0.573 e. The summed E-state index contributed by atoms with van der Waals surface area (Å²) in [7, 11) is 2.75. The molecule has 0 unspecified atom stereocenters. The van der Waals surface area contributed by atoms with Gasteiger partial charge in [0.1, 0.15) is 11.4 Å². The standard InChI is InChI=1S/C12H11F3N2O3/c1-17(19-2)11(18)10-5-7-3-4-8(6-9(7)16-10)20-12(13,14)15/h3-6,16H,1-2H3. The van der Waals surface area contributed by atoms with Gasteiger partial charge in [-0.2, -0.15) is 0 Å². The van der Waals surface area contributed by atoms with Crippen LogP contribution in [0.3, 0.4) is 0 Å². The van der Waals surface area contributed by atoms with Crippen LogP contribution in [-0.2, 0) is 4.84 Å². The molecule has 2 aromatic rings. The Bertz CT molecular complexity index is 636. The van der Waals surface area contributed by atoms with E-state index in [0.29, 0.717) is 10.9 Å². The molecule has 108 valence electrons. The lowest BCUT2D eigenvalue weighted by molar-refractivity contribution is -0.274. The number of hydrogen-bond acceptors (Lipinski definition) is 3. The lowest BCUT2D eigenvalue weighted by Crippen LogP contribution is -2.25. The van der Waals surface area contributed by atoms with Gasteiger partial charge in [0, 0.05) is 24.0 Å². The molecular formula is C12H11F3N2O3. The number of carbonyl (C=O) groups excluding carboxylic acids is 1. The van der Waals surface area contributed by atoms with Crippen LogP contribution >= 0.6 is 0 Å². The smallest absolute Gasteiger partial charge is 0.406 e. The third-order valence-electron chi connectivity index (χ3n) is 2.62. The second-order valence-corrected chi connectivity index (χ2v) is 3.97. The van der Waals surface area contributed by atoms with Crippen molar-refractivity contribution in [1.29, 1.82) is 0 Å². The summed E-state index contributed by atoms with van der Waals surface area (Å²) < 4.78 is 40.2. The van der Waals surface area contributed by atoms with Crippen molar-refractivity contribution >= 4 is 16.8 Å². The molecule has 1 aromatic carbocycles. The average molecular weight is 288 g/mol. The molecule has 1 N–H and O–H groups in total. The highest BCUT2D eigenvalue weighted by atomic mass is 19.4. The summed E-state index contributed by atoms with van der Waals surface area (Å²) in [5.74, 6) is -0.798. The summed E-state index contributed by atoms with van der Waals surface area (Å²) in [6.45, 7) is 0. The number of H-pyrrole nitrogens is 1. The first-order valence-electron chi connectivity index (χ1n) is 5.51. The molecule has 0 atom stereocenters. The van der Waals surface area contributed by atoms with Crippen molar-refractivity contribution in [1.82, 2.24) is 10.0 Å². The number of alkyl halides is 3. The normalized spacial score (nSPS) is 11.7. The minimum absolute atomic E-state index is 0.202. The van der Waals surface area contributed by atoms with Gasteiger partial charge in [0.15, 0.2) is 0 Å². The van der Waals surface area contributed by atoms with Crippen LogP contribution in [0.15, 0.2) is 24.3 Å². The van der Waals surface area contributed by atoms with Crippen molar-refractivity contribution in [2.45, 2.75) is 6.36 Å². The molecule has 1 amide bonds. The Balaban J connectivity index is 2.33. The predicted octanol–water partition coefficient (Wildman–Crippen LogP) is 2.70. The minimum atomic E-state index is -4.75. The number of ether oxygens (including phenoxy) is 1. The summed E-state index contributed by atoms with van der Waals surface area (Å²) >= 11 is 0. The van der Waals surface area contributed by atoms with E-state index >= 15 is 0 Å². The zero-order valence-electron chi connectivity index (χ0n) is 10.6. The zero-order chi connectivity index (χ0) is 14.9. The number of nitrogens with one attached hydrogen (secondary N) is 1. The fourth-order valence-electron chi connectivity index (χ4n) is 1.67. The largest absolute Gasteiger partial charge is 0.573 e. The number of nitrogens with zero attached hydrogens (tertiary/aromatic N) is 1. The van der Waals surface area contributed by atoms with E-state index in [0.717, 1.165) is 5.06 Å². The van der Waals surface area contributed by atoms with Crippen LogP contribution in [0.5, 0.6) is 5.75 Å². The van der Waals surface area contributed by atoms with E-state index in [1.807, 2.05) is 0 Å². The highest BCUT2D eigenvalue weighted by molar-refractivity contribution is 5.97. The van der Waals surface area contributed by atoms with Gasteiger partial charge >= 0.3 is 6.36 Å². The summed E-state index contributed by atoms with van der Waals surface area (Å²) in [5, 5.41) is 1.59. The first kappa shape index (κ1) is 14.2. The van der Waals surface area contributed by atoms with Gasteiger partial charge in [-0.05, 0) is 18.2 Å². The molecule has 8 heteroatoms. The quantitative estimate of drug-likeness (QED) is 0.883. The van der Waals surface area contributed by atoms with E-state index in [1.165, 1.54) is 38.4 Å². The number of carbonyl (C=O) groups is 1. The van der Waals surface area contributed by atoms with E-state index in [4.69, 9.17) is 4.84 Å². The SMILES string of the molecule is CON(C)C(=O)c1cc2ccc(OC(F)(F)F)cc2[nH]1. The summed E-state index contributed by atoms with van der Waals surface area (Å²) in [5.41, 5.74) is 0.563. The number of aromatic amines is 1. The van der Waals surface area contributed by atoms with Gasteiger partial charge in [-0.1, -0.05) is 0 Å². The van der Waals surface area contributed by atoms with Crippen molar-refractivity contribution in [2.24, 2.45) is 0 Å². The molecule has 0 aliphatic heterocycles. The van der Waals surface area contributed by atoms with Crippen molar-refractivity contribution in [3.05, 3.63) is 30.0 Å². The van der Waals surface area contributed by atoms with Crippen LogP contribution in [0.1, 0.15) is 10.5 Å². The Kier molecular flexibility index (Phi) is 3.58. The van der Waals surface area contributed by atoms with E-state index in [2.05, 4.69) is 9.72 Å². The molecule has 0 saturated carbocycles. The molecule has 2 rings (SSSR count). The van der Waals surface area contributed by atoms with Crippen LogP contribution in [0.25, 0.3) is 10.9 Å². The molecular weight excluding hydrogens is 277 g/mol. The average Bonchev–Trinajstić information content (AvgIpc) is 2.77. The Labute approximate surface area is 111 Å². The van der Waals surface area contributed by atoms with E-state index in [9.17, 15) is 18.0 Å². The third-order valence-corrected chi connectivity index (χ3v) is 2.62. The molecule has 0 saturated heterocycles. The lowest BCUT2D eigenvalue weighted by atomic mass is 10.2. The first-order valence-corrected chi connectivity index (χ1v) is 5.51. The number of hydroxylamine groups is 2. The molecule has 0 spiro atoms. The summed E-state index contributed by atoms with van der Waals surface area (Å²) in [6, 6.07) is 5.30. The maximum absolute atomic E-state index is 12.1. The zero-order valence-corrected chi connectivity index (χ0v) is 10.6. The highest BCUT2D eigenvalue weighted by Crippen LogP contribution is 2.26. The van der Waals surface area contributed by atoms with Crippen LogP contribution in [0.4, 0.5) is 13.2 Å². The van der Waals surface area contributed by atoms with Crippen LogP contribution < -0.4 is 4.74 Å². The van der Waals surface area contributed by atoms with E-state index in [1.54, 1.807) is 0 Å². The fraction of sp³-hybridized carbons (Fsp3) is 0.250.